The van der Waals surface area contributed by atoms with Crippen molar-refractivity contribution in [1.29, 1.82) is 0 Å². The van der Waals surface area contributed by atoms with Crippen molar-refractivity contribution in [2.75, 3.05) is 13.7 Å². The average molecular weight is 271 g/mol. The van der Waals surface area contributed by atoms with Crippen LogP contribution in [0.15, 0.2) is 36.4 Å². The van der Waals surface area contributed by atoms with E-state index in [4.69, 9.17) is 4.74 Å². The first kappa shape index (κ1) is 13.1. The molecule has 0 aliphatic carbocycles. The van der Waals surface area contributed by atoms with Gasteiger partial charge in [-0.05, 0) is 60.8 Å². The molecule has 3 heteroatoms. The molecule has 2 aromatic rings. The molecule has 0 radical (unpaired) electrons. The van der Waals surface area contributed by atoms with Crippen LogP contribution < -0.4 is 10.1 Å². The molecule has 0 aromatic heterocycles. The van der Waals surface area contributed by atoms with Gasteiger partial charge >= 0.3 is 0 Å². The van der Waals surface area contributed by atoms with E-state index in [1.54, 1.807) is 0 Å². The minimum atomic E-state index is -0.179. The quantitative estimate of drug-likeness (QED) is 0.922. The van der Waals surface area contributed by atoms with Crippen molar-refractivity contribution in [1.82, 2.24) is 5.32 Å². The number of fused-ring (bicyclic) bond motifs is 1. The molecule has 1 heterocycles. The first-order chi connectivity index (χ1) is 9.78. The van der Waals surface area contributed by atoms with Crippen LogP contribution in [0.1, 0.15) is 17.5 Å². The maximum absolute atomic E-state index is 14.1. The van der Waals surface area contributed by atoms with Crippen LogP contribution in [0.5, 0.6) is 5.75 Å². The van der Waals surface area contributed by atoms with E-state index in [0.29, 0.717) is 5.56 Å². The van der Waals surface area contributed by atoms with Crippen molar-refractivity contribution in [3.63, 3.8) is 0 Å². The number of rotatable bonds is 3. The largest absolute Gasteiger partial charge is 0.493 e. The Balaban J connectivity index is 2.01. The lowest BCUT2D eigenvalue weighted by Crippen LogP contribution is -2.08. The molecular weight excluding hydrogens is 253 g/mol. The van der Waals surface area contributed by atoms with Crippen molar-refractivity contribution in [3.8, 4) is 16.9 Å². The van der Waals surface area contributed by atoms with Crippen LogP contribution in [-0.2, 0) is 13.0 Å². The molecule has 0 fully saturated rings. The molecule has 0 bridgehead atoms. The highest BCUT2D eigenvalue weighted by Gasteiger charge is 2.13. The van der Waals surface area contributed by atoms with Gasteiger partial charge in [-0.2, -0.15) is 0 Å². The summed E-state index contributed by atoms with van der Waals surface area (Å²) in [7, 11) is 1.89. The molecule has 2 aromatic carbocycles. The van der Waals surface area contributed by atoms with E-state index < -0.39 is 0 Å². The Morgan fingerprint density at radius 3 is 2.95 bits per heavy atom. The zero-order valence-corrected chi connectivity index (χ0v) is 11.6. The van der Waals surface area contributed by atoms with E-state index in [2.05, 4.69) is 11.4 Å². The molecule has 20 heavy (non-hydrogen) atoms. The van der Waals surface area contributed by atoms with E-state index >= 15 is 0 Å². The van der Waals surface area contributed by atoms with Crippen LogP contribution in [0.25, 0.3) is 11.1 Å². The molecule has 2 nitrogen and oxygen atoms in total. The first-order valence-corrected chi connectivity index (χ1v) is 6.97. The van der Waals surface area contributed by atoms with Crippen LogP contribution in [0.4, 0.5) is 4.39 Å². The van der Waals surface area contributed by atoms with E-state index in [9.17, 15) is 4.39 Å². The summed E-state index contributed by atoms with van der Waals surface area (Å²) in [5.41, 5.74) is 3.83. The van der Waals surface area contributed by atoms with Crippen molar-refractivity contribution in [3.05, 3.63) is 53.3 Å². The van der Waals surface area contributed by atoms with E-state index in [0.717, 1.165) is 42.9 Å². The Hall–Kier alpha value is -1.87. The lowest BCUT2D eigenvalue weighted by atomic mass is 9.97. The third-order valence-electron chi connectivity index (χ3n) is 3.63. The summed E-state index contributed by atoms with van der Waals surface area (Å²) in [6, 6.07) is 11.2. The standard InChI is InChI=1S/C17H18FNO/c1-19-11-12-4-6-16(18)15(9-12)13-5-7-17-14(10-13)3-2-8-20-17/h4-7,9-10,19H,2-3,8,11H2,1H3. The number of nitrogens with one attached hydrogen (secondary N) is 1. The van der Waals surface area contributed by atoms with Gasteiger partial charge in [0.2, 0.25) is 0 Å². The summed E-state index contributed by atoms with van der Waals surface area (Å²) in [6.45, 7) is 1.51. The molecule has 3 rings (SSSR count). The van der Waals surface area contributed by atoms with Gasteiger partial charge in [-0.1, -0.05) is 12.1 Å². The molecule has 1 aliphatic heterocycles. The summed E-state index contributed by atoms with van der Waals surface area (Å²) in [5, 5.41) is 3.09. The number of hydrogen-bond donors (Lipinski definition) is 1. The fraction of sp³-hybridized carbons (Fsp3) is 0.294. The van der Waals surface area contributed by atoms with Crippen LogP contribution in [0.3, 0.4) is 0 Å². The number of hydrogen-bond acceptors (Lipinski definition) is 2. The average Bonchev–Trinajstić information content (AvgIpc) is 2.49. The minimum Gasteiger partial charge on any atom is -0.493 e. The van der Waals surface area contributed by atoms with Gasteiger partial charge in [0, 0.05) is 12.1 Å². The van der Waals surface area contributed by atoms with Gasteiger partial charge < -0.3 is 10.1 Å². The molecule has 0 saturated heterocycles. The maximum atomic E-state index is 14.1. The molecule has 0 spiro atoms. The Morgan fingerprint density at radius 2 is 2.10 bits per heavy atom. The third kappa shape index (κ3) is 2.54. The summed E-state index contributed by atoms with van der Waals surface area (Å²) in [4.78, 5) is 0. The second kappa shape index (κ2) is 5.63. The van der Waals surface area contributed by atoms with Crippen LogP contribution in [0, 0.1) is 5.82 Å². The number of halogens is 1. The fourth-order valence-corrected chi connectivity index (χ4v) is 2.64. The zero-order valence-electron chi connectivity index (χ0n) is 11.6. The SMILES string of the molecule is CNCc1ccc(F)c(-c2ccc3c(c2)CCCO3)c1. The van der Waals surface area contributed by atoms with Gasteiger partial charge in [0.15, 0.2) is 0 Å². The molecule has 104 valence electrons. The number of aryl methyl sites for hydroxylation is 1. The topological polar surface area (TPSA) is 21.3 Å². The molecular formula is C17H18FNO. The lowest BCUT2D eigenvalue weighted by molar-refractivity contribution is 0.288. The molecule has 1 N–H and O–H groups in total. The highest BCUT2D eigenvalue weighted by Crippen LogP contribution is 2.31. The summed E-state index contributed by atoms with van der Waals surface area (Å²) in [5.74, 6) is 0.758. The van der Waals surface area contributed by atoms with Gasteiger partial charge in [0.1, 0.15) is 11.6 Å². The second-order valence-electron chi connectivity index (χ2n) is 5.12. The number of ether oxygens (including phenoxy) is 1. The fourth-order valence-electron chi connectivity index (χ4n) is 2.64. The molecule has 0 amide bonds. The van der Waals surface area contributed by atoms with Gasteiger partial charge in [-0.15, -0.1) is 0 Å². The smallest absolute Gasteiger partial charge is 0.131 e. The van der Waals surface area contributed by atoms with Gasteiger partial charge in [-0.3, -0.25) is 0 Å². The molecule has 0 atom stereocenters. The minimum absolute atomic E-state index is 0.179. The van der Waals surface area contributed by atoms with E-state index in [-0.39, 0.29) is 5.82 Å². The third-order valence-corrected chi connectivity index (χ3v) is 3.63. The van der Waals surface area contributed by atoms with Crippen LogP contribution in [0.2, 0.25) is 0 Å². The Morgan fingerprint density at radius 1 is 1.20 bits per heavy atom. The van der Waals surface area contributed by atoms with Crippen molar-refractivity contribution in [2.45, 2.75) is 19.4 Å². The van der Waals surface area contributed by atoms with Gasteiger partial charge in [-0.25, -0.2) is 4.39 Å². The maximum Gasteiger partial charge on any atom is 0.131 e. The van der Waals surface area contributed by atoms with Crippen LogP contribution >= 0.6 is 0 Å². The summed E-state index contributed by atoms with van der Waals surface area (Å²) in [6.07, 6.45) is 2.03. The van der Waals surface area contributed by atoms with Gasteiger partial charge in [0.05, 0.1) is 6.61 Å². The molecule has 0 unspecified atom stereocenters. The Bertz CT molecular complexity index is 624. The summed E-state index contributed by atoms with van der Waals surface area (Å²) >= 11 is 0. The lowest BCUT2D eigenvalue weighted by Gasteiger charge is -2.18. The highest BCUT2D eigenvalue weighted by molar-refractivity contribution is 5.67. The van der Waals surface area contributed by atoms with Crippen LogP contribution in [-0.4, -0.2) is 13.7 Å². The Kier molecular flexibility index (Phi) is 3.70. The van der Waals surface area contributed by atoms with E-state index in [1.807, 2.05) is 31.3 Å². The first-order valence-electron chi connectivity index (χ1n) is 6.97. The normalized spacial score (nSPS) is 13.7. The van der Waals surface area contributed by atoms with Crippen molar-refractivity contribution in [2.24, 2.45) is 0 Å². The van der Waals surface area contributed by atoms with Crippen molar-refractivity contribution < 1.29 is 9.13 Å². The predicted molar refractivity (Wildman–Crippen MR) is 78.4 cm³/mol. The van der Waals surface area contributed by atoms with E-state index in [1.165, 1.54) is 11.6 Å². The summed E-state index contributed by atoms with van der Waals surface area (Å²) < 4.78 is 19.7. The Labute approximate surface area is 118 Å². The zero-order chi connectivity index (χ0) is 13.9. The monoisotopic (exact) mass is 271 g/mol. The predicted octanol–water partition coefficient (Wildman–Crippen LogP) is 3.54. The number of benzene rings is 2. The van der Waals surface area contributed by atoms with Crippen molar-refractivity contribution >= 4 is 0 Å². The molecule has 1 aliphatic rings. The molecule has 0 saturated carbocycles. The van der Waals surface area contributed by atoms with Gasteiger partial charge in [0.25, 0.3) is 0 Å². The second-order valence-corrected chi connectivity index (χ2v) is 5.12. The highest BCUT2D eigenvalue weighted by atomic mass is 19.1.